The Morgan fingerprint density at radius 3 is 2.06 bits per heavy atom. The average Bonchev–Trinajstić information content (AvgIpc) is 2.18. The van der Waals surface area contributed by atoms with Crippen molar-refractivity contribution >= 4 is 23.2 Å². The van der Waals surface area contributed by atoms with Crippen molar-refractivity contribution < 1.29 is 4.74 Å². The normalized spacial score (nSPS) is 12.4. The first-order chi connectivity index (χ1) is 7.55. The van der Waals surface area contributed by atoms with E-state index in [4.69, 9.17) is 27.9 Å². The predicted octanol–water partition coefficient (Wildman–Crippen LogP) is 3.36. The molecule has 0 amide bonds. The molecule has 0 aromatic heterocycles. The first kappa shape index (κ1) is 16.5. The lowest BCUT2D eigenvalue weighted by Crippen LogP contribution is -2.31. The largest absolute Gasteiger partial charge is 0.376 e. The Kier molecular flexibility index (Phi) is 9.82. The topological polar surface area (TPSA) is 12.5 Å². The van der Waals surface area contributed by atoms with Gasteiger partial charge < -0.3 is 9.64 Å². The van der Waals surface area contributed by atoms with Crippen molar-refractivity contribution in [2.45, 2.75) is 39.2 Å². The fourth-order valence-electron chi connectivity index (χ4n) is 1.77. The SMILES string of the molecule is CCOC(C)(C)CCCN(CCCl)CCCl. The van der Waals surface area contributed by atoms with Gasteiger partial charge >= 0.3 is 0 Å². The molecule has 0 rings (SSSR count). The number of hydrogen-bond acceptors (Lipinski definition) is 2. The highest BCUT2D eigenvalue weighted by Crippen LogP contribution is 2.16. The molecule has 0 radical (unpaired) electrons. The molecule has 2 nitrogen and oxygen atoms in total. The van der Waals surface area contributed by atoms with E-state index in [9.17, 15) is 0 Å². The molecule has 0 aromatic carbocycles. The molecule has 0 aliphatic rings. The molecule has 16 heavy (non-hydrogen) atoms. The number of rotatable bonds is 10. The number of hydrogen-bond donors (Lipinski definition) is 0. The van der Waals surface area contributed by atoms with E-state index in [0.717, 1.165) is 39.1 Å². The minimum atomic E-state index is -0.0116. The maximum atomic E-state index is 5.74. The Hall–Kier alpha value is 0.500. The third-order valence-corrected chi connectivity index (χ3v) is 2.93. The van der Waals surface area contributed by atoms with Crippen LogP contribution >= 0.6 is 23.2 Å². The first-order valence-electron chi connectivity index (χ1n) is 6.04. The van der Waals surface area contributed by atoms with Gasteiger partial charge in [-0.3, -0.25) is 0 Å². The van der Waals surface area contributed by atoms with Crippen LogP contribution in [0.5, 0.6) is 0 Å². The summed E-state index contributed by atoms with van der Waals surface area (Å²) in [6.07, 6.45) is 2.20. The molecule has 0 unspecified atom stereocenters. The zero-order chi connectivity index (χ0) is 12.4. The van der Waals surface area contributed by atoms with Crippen molar-refractivity contribution in [1.29, 1.82) is 0 Å². The summed E-state index contributed by atoms with van der Waals surface area (Å²) in [5.74, 6) is 1.34. The van der Waals surface area contributed by atoms with Crippen molar-refractivity contribution in [2.75, 3.05) is 38.0 Å². The Labute approximate surface area is 110 Å². The number of ether oxygens (including phenoxy) is 1. The van der Waals surface area contributed by atoms with Gasteiger partial charge in [0.1, 0.15) is 0 Å². The summed E-state index contributed by atoms with van der Waals surface area (Å²) in [5, 5.41) is 0. The molecule has 0 spiro atoms. The van der Waals surface area contributed by atoms with Gasteiger partial charge in [-0.15, -0.1) is 23.2 Å². The molecule has 0 saturated carbocycles. The van der Waals surface area contributed by atoms with Gasteiger partial charge in [0.25, 0.3) is 0 Å². The minimum Gasteiger partial charge on any atom is -0.376 e. The van der Waals surface area contributed by atoms with Crippen LogP contribution in [0.3, 0.4) is 0 Å². The Bertz CT molecular complexity index is 159. The standard InChI is InChI=1S/C12H25Cl2NO/c1-4-16-12(2,3)6-5-9-15(10-7-13)11-8-14/h4-11H2,1-3H3. The third kappa shape index (κ3) is 8.63. The molecular weight excluding hydrogens is 245 g/mol. The molecule has 0 aliphatic heterocycles. The van der Waals surface area contributed by atoms with E-state index in [2.05, 4.69) is 18.7 Å². The van der Waals surface area contributed by atoms with Crippen LogP contribution in [0.4, 0.5) is 0 Å². The van der Waals surface area contributed by atoms with Gasteiger partial charge in [-0.05, 0) is 40.2 Å². The summed E-state index contributed by atoms with van der Waals surface area (Å²) in [5.41, 5.74) is -0.0116. The van der Waals surface area contributed by atoms with E-state index in [1.807, 2.05) is 6.92 Å². The maximum Gasteiger partial charge on any atom is 0.0626 e. The fraction of sp³-hybridized carbons (Fsp3) is 1.00. The van der Waals surface area contributed by atoms with E-state index in [0.29, 0.717) is 11.8 Å². The molecule has 0 fully saturated rings. The molecule has 4 heteroatoms. The summed E-state index contributed by atoms with van der Waals surface area (Å²) in [6, 6.07) is 0. The molecule has 0 atom stereocenters. The molecular formula is C12H25Cl2NO. The van der Waals surface area contributed by atoms with Crippen LogP contribution in [0.2, 0.25) is 0 Å². The Balaban J connectivity index is 3.75. The van der Waals surface area contributed by atoms with Crippen LogP contribution < -0.4 is 0 Å². The zero-order valence-electron chi connectivity index (χ0n) is 10.8. The van der Waals surface area contributed by atoms with Gasteiger partial charge in [-0.1, -0.05) is 0 Å². The lowest BCUT2D eigenvalue weighted by atomic mass is 10.0. The third-order valence-electron chi connectivity index (χ3n) is 2.59. The number of alkyl halides is 2. The van der Waals surface area contributed by atoms with Crippen LogP contribution in [0.15, 0.2) is 0 Å². The fourth-order valence-corrected chi connectivity index (χ4v) is 2.24. The minimum absolute atomic E-state index is 0.0116. The summed E-state index contributed by atoms with van der Waals surface area (Å²) in [7, 11) is 0. The second-order valence-electron chi connectivity index (χ2n) is 4.52. The average molecular weight is 270 g/mol. The summed E-state index contributed by atoms with van der Waals surface area (Å²) < 4.78 is 5.66. The lowest BCUT2D eigenvalue weighted by molar-refractivity contribution is -0.0187. The second kappa shape index (κ2) is 9.52. The van der Waals surface area contributed by atoms with Gasteiger partial charge in [0, 0.05) is 31.5 Å². The van der Waals surface area contributed by atoms with Crippen LogP contribution in [0.25, 0.3) is 0 Å². The lowest BCUT2D eigenvalue weighted by Gasteiger charge is -2.26. The molecule has 0 aliphatic carbocycles. The highest BCUT2D eigenvalue weighted by Gasteiger charge is 2.17. The first-order valence-corrected chi connectivity index (χ1v) is 7.11. The van der Waals surface area contributed by atoms with E-state index < -0.39 is 0 Å². The Morgan fingerprint density at radius 1 is 1.06 bits per heavy atom. The van der Waals surface area contributed by atoms with Crippen LogP contribution in [0, 0.1) is 0 Å². The summed E-state index contributed by atoms with van der Waals surface area (Å²) in [6.45, 7) is 9.99. The van der Waals surface area contributed by atoms with Crippen LogP contribution in [0.1, 0.15) is 33.6 Å². The van der Waals surface area contributed by atoms with Crippen LogP contribution in [-0.2, 0) is 4.74 Å². The van der Waals surface area contributed by atoms with Crippen molar-refractivity contribution in [3.63, 3.8) is 0 Å². The van der Waals surface area contributed by atoms with Crippen LogP contribution in [-0.4, -0.2) is 48.5 Å². The smallest absolute Gasteiger partial charge is 0.0626 e. The highest BCUT2D eigenvalue weighted by molar-refractivity contribution is 6.18. The van der Waals surface area contributed by atoms with E-state index in [1.165, 1.54) is 0 Å². The monoisotopic (exact) mass is 269 g/mol. The molecule has 0 N–H and O–H groups in total. The van der Waals surface area contributed by atoms with E-state index in [-0.39, 0.29) is 5.60 Å². The number of halogens is 2. The quantitative estimate of drug-likeness (QED) is 0.564. The molecule has 0 heterocycles. The maximum absolute atomic E-state index is 5.74. The van der Waals surface area contributed by atoms with Crippen molar-refractivity contribution in [3.05, 3.63) is 0 Å². The van der Waals surface area contributed by atoms with E-state index >= 15 is 0 Å². The van der Waals surface area contributed by atoms with Gasteiger partial charge in [-0.2, -0.15) is 0 Å². The molecule has 98 valence electrons. The van der Waals surface area contributed by atoms with Crippen molar-refractivity contribution in [1.82, 2.24) is 4.90 Å². The summed E-state index contributed by atoms with van der Waals surface area (Å²) in [4.78, 5) is 2.31. The molecule has 0 aromatic rings. The van der Waals surface area contributed by atoms with Gasteiger partial charge in [0.15, 0.2) is 0 Å². The zero-order valence-corrected chi connectivity index (χ0v) is 12.3. The van der Waals surface area contributed by atoms with E-state index in [1.54, 1.807) is 0 Å². The predicted molar refractivity (Wildman–Crippen MR) is 72.8 cm³/mol. The number of nitrogens with zero attached hydrogens (tertiary/aromatic N) is 1. The highest BCUT2D eigenvalue weighted by atomic mass is 35.5. The van der Waals surface area contributed by atoms with Crippen molar-refractivity contribution in [2.24, 2.45) is 0 Å². The van der Waals surface area contributed by atoms with Gasteiger partial charge in [0.05, 0.1) is 5.60 Å². The van der Waals surface area contributed by atoms with Gasteiger partial charge in [0.2, 0.25) is 0 Å². The Morgan fingerprint density at radius 2 is 1.62 bits per heavy atom. The molecule has 0 saturated heterocycles. The molecule has 0 bridgehead atoms. The second-order valence-corrected chi connectivity index (χ2v) is 5.27. The summed E-state index contributed by atoms with van der Waals surface area (Å²) >= 11 is 11.5. The van der Waals surface area contributed by atoms with Gasteiger partial charge in [-0.25, -0.2) is 0 Å². The van der Waals surface area contributed by atoms with Crippen molar-refractivity contribution in [3.8, 4) is 0 Å².